The number of piperidine rings is 1. The van der Waals surface area contributed by atoms with Crippen LogP contribution in [-0.2, 0) is 0 Å². The molecule has 1 N–H and O–H groups in total. The van der Waals surface area contributed by atoms with E-state index < -0.39 is 0 Å². The summed E-state index contributed by atoms with van der Waals surface area (Å²) in [6.45, 7) is 3.38. The maximum absolute atomic E-state index is 12.7. The van der Waals surface area contributed by atoms with Crippen LogP contribution in [0.25, 0.3) is 16.5 Å². The van der Waals surface area contributed by atoms with Crippen LogP contribution < -0.4 is 5.69 Å². The largest absolute Gasteiger partial charge is 0.348 e. The third kappa shape index (κ3) is 3.86. The summed E-state index contributed by atoms with van der Waals surface area (Å²) in [6.07, 6.45) is 12.8. The van der Waals surface area contributed by atoms with Crippen LogP contribution in [0.15, 0.2) is 41.5 Å². The van der Waals surface area contributed by atoms with E-state index in [1.165, 1.54) is 56.3 Å². The topological polar surface area (TPSA) is 66.8 Å². The molecule has 3 aromatic rings. The summed E-state index contributed by atoms with van der Waals surface area (Å²) in [4.78, 5) is 22.6. The Balaban J connectivity index is 1.37. The number of fused-ring (bicyclic) bond motifs is 1. The van der Waals surface area contributed by atoms with Crippen LogP contribution >= 0.6 is 0 Å². The van der Waals surface area contributed by atoms with Gasteiger partial charge in [0.2, 0.25) is 0 Å². The fourth-order valence-corrected chi connectivity index (χ4v) is 5.15. The second-order valence-corrected chi connectivity index (χ2v) is 8.70. The molecule has 2 fully saturated rings. The highest BCUT2D eigenvalue weighted by Crippen LogP contribution is 2.29. The van der Waals surface area contributed by atoms with Crippen molar-refractivity contribution in [1.29, 1.82) is 0 Å². The van der Waals surface area contributed by atoms with Crippen molar-refractivity contribution in [1.82, 2.24) is 24.6 Å². The van der Waals surface area contributed by atoms with Crippen LogP contribution in [0.2, 0.25) is 0 Å². The molecule has 6 nitrogen and oxygen atoms in total. The lowest BCUT2D eigenvalue weighted by Gasteiger charge is -2.35. The first-order chi connectivity index (χ1) is 14.3. The van der Waals surface area contributed by atoms with E-state index in [1.54, 1.807) is 12.4 Å². The van der Waals surface area contributed by atoms with Gasteiger partial charge in [-0.3, -0.25) is 9.97 Å². The molecule has 2 aromatic heterocycles. The number of pyridine rings is 1. The Morgan fingerprint density at radius 2 is 1.97 bits per heavy atom. The highest BCUT2D eigenvalue weighted by molar-refractivity contribution is 5.89. The molecular formula is C23H29N5O. The third-order valence-corrected chi connectivity index (χ3v) is 6.66. The van der Waals surface area contributed by atoms with E-state index in [9.17, 15) is 4.79 Å². The first-order valence-corrected chi connectivity index (χ1v) is 11.0. The van der Waals surface area contributed by atoms with Gasteiger partial charge in [-0.15, -0.1) is 5.10 Å². The summed E-state index contributed by atoms with van der Waals surface area (Å²) in [7, 11) is 0. The summed E-state index contributed by atoms with van der Waals surface area (Å²) >= 11 is 0. The van der Waals surface area contributed by atoms with E-state index in [4.69, 9.17) is 5.10 Å². The summed E-state index contributed by atoms with van der Waals surface area (Å²) in [5.41, 5.74) is 0.624. The maximum atomic E-state index is 12.7. The maximum Gasteiger partial charge on any atom is 0.348 e. The van der Waals surface area contributed by atoms with E-state index in [1.807, 2.05) is 24.3 Å². The van der Waals surface area contributed by atoms with Gasteiger partial charge in [-0.25, -0.2) is 4.79 Å². The minimum atomic E-state index is -0.166. The molecule has 1 aromatic carbocycles. The van der Waals surface area contributed by atoms with Gasteiger partial charge < -0.3 is 4.90 Å². The van der Waals surface area contributed by atoms with Crippen molar-refractivity contribution in [2.45, 2.75) is 50.9 Å². The molecule has 0 amide bonds. The number of hydrogen-bond donors (Lipinski definition) is 1. The molecule has 5 rings (SSSR count). The number of aromatic amines is 1. The molecule has 0 spiro atoms. The molecule has 29 heavy (non-hydrogen) atoms. The number of nitrogens with zero attached hydrogens (tertiary/aromatic N) is 4. The number of likely N-dealkylation sites (tertiary alicyclic amines) is 1. The predicted octanol–water partition coefficient (Wildman–Crippen LogP) is 3.87. The highest BCUT2D eigenvalue weighted by atomic mass is 16.1. The van der Waals surface area contributed by atoms with Gasteiger partial charge in [-0.05, 0) is 55.7 Å². The van der Waals surface area contributed by atoms with Crippen LogP contribution in [0.5, 0.6) is 0 Å². The van der Waals surface area contributed by atoms with Gasteiger partial charge >= 0.3 is 5.69 Å². The van der Waals surface area contributed by atoms with Gasteiger partial charge in [-0.2, -0.15) is 4.68 Å². The average Bonchev–Trinajstić information content (AvgIpc) is 3.16. The van der Waals surface area contributed by atoms with Crippen molar-refractivity contribution < 1.29 is 0 Å². The van der Waals surface area contributed by atoms with Gasteiger partial charge in [0.15, 0.2) is 0 Å². The average molecular weight is 392 g/mol. The zero-order valence-electron chi connectivity index (χ0n) is 16.9. The molecule has 1 saturated carbocycles. The Hall–Kier alpha value is -2.47. The normalized spacial score (nSPS) is 21.6. The molecule has 0 bridgehead atoms. The van der Waals surface area contributed by atoms with Crippen molar-refractivity contribution in [2.24, 2.45) is 5.92 Å². The molecule has 1 unspecified atom stereocenters. The van der Waals surface area contributed by atoms with E-state index >= 15 is 0 Å². The lowest BCUT2D eigenvalue weighted by Crippen LogP contribution is -2.38. The second-order valence-electron chi connectivity index (χ2n) is 8.70. The lowest BCUT2D eigenvalue weighted by atomic mass is 9.88. The Bertz CT molecular complexity index is 1030. The number of rotatable bonds is 4. The van der Waals surface area contributed by atoms with Gasteiger partial charge in [0.1, 0.15) is 5.82 Å². The smallest absolute Gasteiger partial charge is 0.302 e. The Kier molecular flexibility index (Phi) is 5.19. The van der Waals surface area contributed by atoms with Crippen LogP contribution in [-0.4, -0.2) is 44.3 Å². The van der Waals surface area contributed by atoms with E-state index in [0.29, 0.717) is 5.92 Å². The number of nitrogens with one attached hydrogen (secondary N) is 1. The predicted molar refractivity (Wildman–Crippen MR) is 114 cm³/mol. The zero-order valence-corrected chi connectivity index (χ0v) is 16.9. The minimum Gasteiger partial charge on any atom is -0.302 e. The standard InChI is InChI=1S/C23H29N5O/c29-23-25-22(19-9-5-13-27(16-19)15-17-6-2-1-3-7-17)26-28(23)21-10-4-8-18-11-12-24-14-20(18)21/h4,8,10-12,14,17,19H,1-3,5-7,9,13,15-16H2,(H,25,26,29). The quantitative estimate of drug-likeness (QED) is 0.733. The van der Waals surface area contributed by atoms with Gasteiger partial charge in [0.25, 0.3) is 0 Å². The molecule has 1 aliphatic carbocycles. The summed E-state index contributed by atoms with van der Waals surface area (Å²) in [5, 5.41) is 6.73. The van der Waals surface area contributed by atoms with Gasteiger partial charge in [0.05, 0.1) is 5.69 Å². The Morgan fingerprint density at radius 1 is 1.07 bits per heavy atom. The summed E-state index contributed by atoms with van der Waals surface area (Å²) in [6, 6.07) is 7.89. The SMILES string of the molecule is O=c1[nH]c(C2CCCN(CC3CCCCC3)C2)nn1-c1cccc2ccncc12. The van der Waals surface area contributed by atoms with E-state index in [2.05, 4.69) is 14.9 Å². The number of aromatic nitrogens is 4. The summed E-state index contributed by atoms with van der Waals surface area (Å²) in [5.74, 6) is 1.97. The molecule has 1 atom stereocenters. The van der Waals surface area contributed by atoms with Crippen molar-refractivity contribution in [2.75, 3.05) is 19.6 Å². The van der Waals surface area contributed by atoms with Crippen LogP contribution in [0, 0.1) is 5.92 Å². The second kappa shape index (κ2) is 8.11. The lowest BCUT2D eigenvalue weighted by molar-refractivity contribution is 0.158. The fourth-order valence-electron chi connectivity index (χ4n) is 5.15. The van der Waals surface area contributed by atoms with Crippen molar-refractivity contribution in [3.05, 3.63) is 53.0 Å². The van der Waals surface area contributed by atoms with Gasteiger partial charge in [0, 0.05) is 36.8 Å². The monoisotopic (exact) mass is 391 g/mol. The van der Waals surface area contributed by atoms with Crippen molar-refractivity contribution in [3.8, 4) is 5.69 Å². The molecule has 0 radical (unpaired) electrons. The van der Waals surface area contributed by atoms with Crippen LogP contribution in [0.1, 0.15) is 56.7 Å². The molecule has 152 valence electrons. The Morgan fingerprint density at radius 3 is 2.86 bits per heavy atom. The number of benzene rings is 1. The van der Waals surface area contributed by atoms with E-state index in [0.717, 1.165) is 41.2 Å². The van der Waals surface area contributed by atoms with E-state index in [-0.39, 0.29) is 5.69 Å². The van der Waals surface area contributed by atoms with Gasteiger partial charge in [-0.1, -0.05) is 31.4 Å². The highest BCUT2D eigenvalue weighted by Gasteiger charge is 2.27. The Labute approximate surface area is 171 Å². The first-order valence-electron chi connectivity index (χ1n) is 11.0. The molecule has 1 saturated heterocycles. The zero-order chi connectivity index (χ0) is 19.6. The van der Waals surface area contributed by atoms with Crippen molar-refractivity contribution >= 4 is 10.8 Å². The molecular weight excluding hydrogens is 362 g/mol. The van der Waals surface area contributed by atoms with Crippen molar-refractivity contribution in [3.63, 3.8) is 0 Å². The molecule has 3 heterocycles. The number of hydrogen-bond acceptors (Lipinski definition) is 4. The minimum absolute atomic E-state index is 0.166. The number of H-pyrrole nitrogens is 1. The van der Waals surface area contributed by atoms with Crippen LogP contribution in [0.4, 0.5) is 0 Å². The molecule has 2 aliphatic rings. The first kappa shape index (κ1) is 18.6. The van der Waals surface area contributed by atoms with Crippen LogP contribution in [0.3, 0.4) is 0 Å². The molecule has 6 heteroatoms. The molecule has 1 aliphatic heterocycles. The summed E-state index contributed by atoms with van der Waals surface area (Å²) < 4.78 is 1.51. The fraction of sp³-hybridized carbons (Fsp3) is 0.522. The third-order valence-electron chi connectivity index (χ3n) is 6.66.